The van der Waals surface area contributed by atoms with E-state index in [4.69, 9.17) is 5.73 Å². The van der Waals surface area contributed by atoms with Crippen molar-refractivity contribution in [1.29, 1.82) is 0 Å². The van der Waals surface area contributed by atoms with Gasteiger partial charge in [-0.1, -0.05) is 27.2 Å². The molecule has 1 saturated carbocycles. The molecule has 1 rings (SSSR count). The average Bonchev–Trinajstić information content (AvgIpc) is 2.94. The largest absolute Gasteiger partial charge is 0.353 e. The summed E-state index contributed by atoms with van der Waals surface area (Å²) in [7, 11) is 0. The summed E-state index contributed by atoms with van der Waals surface area (Å²) < 4.78 is 0. The van der Waals surface area contributed by atoms with Crippen molar-refractivity contribution in [2.24, 2.45) is 23.5 Å². The van der Waals surface area contributed by atoms with Crippen molar-refractivity contribution in [3.63, 3.8) is 0 Å². The topological polar surface area (TPSA) is 55.1 Å². The highest BCUT2D eigenvalue weighted by Gasteiger charge is 2.36. The minimum Gasteiger partial charge on any atom is -0.353 e. The molecule has 1 amide bonds. The molecule has 1 aliphatic carbocycles. The van der Waals surface area contributed by atoms with Gasteiger partial charge >= 0.3 is 0 Å². The van der Waals surface area contributed by atoms with Crippen LogP contribution in [0.4, 0.5) is 0 Å². The molecule has 94 valence electrons. The van der Waals surface area contributed by atoms with Crippen molar-refractivity contribution in [2.75, 3.05) is 6.54 Å². The SMILES string of the molecule is CCC1CC1NC(=O)C[C@@H](CN)CC(C)C. The van der Waals surface area contributed by atoms with Crippen molar-refractivity contribution in [2.45, 2.75) is 52.5 Å². The maximum atomic E-state index is 11.7. The van der Waals surface area contributed by atoms with E-state index >= 15 is 0 Å². The number of rotatable bonds is 7. The predicted molar refractivity (Wildman–Crippen MR) is 66.9 cm³/mol. The van der Waals surface area contributed by atoms with Gasteiger partial charge in [-0.3, -0.25) is 4.79 Å². The van der Waals surface area contributed by atoms with Gasteiger partial charge in [0.15, 0.2) is 0 Å². The van der Waals surface area contributed by atoms with Crippen LogP contribution in [0.15, 0.2) is 0 Å². The van der Waals surface area contributed by atoms with Crippen molar-refractivity contribution in [3.05, 3.63) is 0 Å². The number of carbonyl (C=O) groups excluding carboxylic acids is 1. The van der Waals surface area contributed by atoms with Gasteiger partial charge in [0.05, 0.1) is 0 Å². The molecule has 0 spiro atoms. The lowest BCUT2D eigenvalue weighted by Crippen LogP contribution is -2.31. The summed E-state index contributed by atoms with van der Waals surface area (Å²) in [5, 5.41) is 3.10. The average molecular weight is 226 g/mol. The molecule has 3 N–H and O–H groups in total. The molecule has 0 aliphatic heterocycles. The van der Waals surface area contributed by atoms with Gasteiger partial charge in [0.1, 0.15) is 0 Å². The first-order valence-electron chi connectivity index (χ1n) is 6.56. The van der Waals surface area contributed by atoms with Crippen molar-refractivity contribution < 1.29 is 4.79 Å². The Balaban J connectivity index is 2.21. The molecule has 0 heterocycles. The Morgan fingerprint density at radius 3 is 2.62 bits per heavy atom. The summed E-state index contributed by atoms with van der Waals surface area (Å²) in [4.78, 5) is 11.7. The molecule has 1 fully saturated rings. The van der Waals surface area contributed by atoms with E-state index in [1.165, 1.54) is 12.8 Å². The zero-order chi connectivity index (χ0) is 12.1. The first-order valence-corrected chi connectivity index (χ1v) is 6.56. The molecule has 1 aliphatic rings. The Labute approximate surface area is 99.2 Å². The van der Waals surface area contributed by atoms with E-state index in [9.17, 15) is 4.79 Å². The molecule has 0 aromatic heterocycles. The van der Waals surface area contributed by atoms with Crippen LogP contribution in [0.2, 0.25) is 0 Å². The van der Waals surface area contributed by atoms with Gasteiger partial charge in [0.2, 0.25) is 5.91 Å². The van der Waals surface area contributed by atoms with Gasteiger partial charge < -0.3 is 11.1 Å². The third kappa shape index (κ3) is 4.52. The number of nitrogens with two attached hydrogens (primary N) is 1. The van der Waals surface area contributed by atoms with Crippen LogP contribution >= 0.6 is 0 Å². The summed E-state index contributed by atoms with van der Waals surface area (Å²) in [6.45, 7) is 7.15. The van der Waals surface area contributed by atoms with Crippen LogP contribution in [0, 0.1) is 17.8 Å². The standard InChI is InChI=1S/C13H26N2O/c1-4-11-7-12(11)15-13(16)6-10(8-14)5-9(2)3/h9-12H,4-8,14H2,1-3H3,(H,15,16)/t10-,11?,12?/m0/s1. The number of nitrogens with one attached hydrogen (secondary N) is 1. The van der Waals surface area contributed by atoms with Gasteiger partial charge in [0, 0.05) is 12.5 Å². The Morgan fingerprint density at radius 1 is 1.50 bits per heavy atom. The van der Waals surface area contributed by atoms with Crippen LogP contribution in [-0.2, 0) is 4.79 Å². The fourth-order valence-electron chi connectivity index (χ4n) is 2.33. The maximum Gasteiger partial charge on any atom is 0.220 e. The monoisotopic (exact) mass is 226 g/mol. The number of hydrogen-bond donors (Lipinski definition) is 2. The highest BCUT2D eigenvalue weighted by molar-refractivity contribution is 5.76. The minimum absolute atomic E-state index is 0.192. The molecule has 0 radical (unpaired) electrons. The molecule has 0 bridgehead atoms. The molecule has 3 atom stereocenters. The number of amides is 1. The van der Waals surface area contributed by atoms with Crippen LogP contribution in [-0.4, -0.2) is 18.5 Å². The molecule has 3 nitrogen and oxygen atoms in total. The van der Waals surface area contributed by atoms with Crippen LogP contribution in [0.1, 0.15) is 46.5 Å². The Kier molecular flexibility index (Phi) is 5.26. The van der Waals surface area contributed by atoms with Gasteiger partial charge in [0.25, 0.3) is 0 Å². The van der Waals surface area contributed by atoms with Crippen molar-refractivity contribution >= 4 is 5.91 Å². The normalized spacial score (nSPS) is 25.6. The fourth-order valence-corrected chi connectivity index (χ4v) is 2.33. The molecule has 0 aromatic carbocycles. The molecule has 16 heavy (non-hydrogen) atoms. The lowest BCUT2D eigenvalue weighted by Gasteiger charge is -2.16. The molecule has 0 aromatic rings. The molecule has 3 heteroatoms. The Morgan fingerprint density at radius 2 is 2.19 bits per heavy atom. The Bertz CT molecular complexity index is 228. The summed E-state index contributed by atoms with van der Waals surface area (Å²) >= 11 is 0. The molecule has 2 unspecified atom stereocenters. The second-order valence-corrected chi connectivity index (χ2v) is 5.51. The van der Waals surface area contributed by atoms with E-state index in [2.05, 4.69) is 26.1 Å². The zero-order valence-corrected chi connectivity index (χ0v) is 10.8. The fraction of sp³-hybridized carbons (Fsp3) is 0.923. The van der Waals surface area contributed by atoms with Gasteiger partial charge in [-0.25, -0.2) is 0 Å². The van der Waals surface area contributed by atoms with E-state index in [1.54, 1.807) is 0 Å². The first-order chi connectivity index (χ1) is 7.56. The Hall–Kier alpha value is -0.570. The predicted octanol–water partition coefficient (Wildman–Crippen LogP) is 1.91. The third-order valence-corrected chi connectivity index (χ3v) is 3.41. The lowest BCUT2D eigenvalue weighted by atomic mass is 9.94. The summed E-state index contributed by atoms with van der Waals surface area (Å²) in [5.74, 6) is 1.88. The van der Waals surface area contributed by atoms with Crippen LogP contribution < -0.4 is 11.1 Å². The lowest BCUT2D eigenvalue weighted by molar-refractivity contribution is -0.122. The maximum absolute atomic E-state index is 11.7. The van der Waals surface area contributed by atoms with E-state index in [-0.39, 0.29) is 5.91 Å². The molecule has 0 saturated heterocycles. The van der Waals surface area contributed by atoms with Gasteiger partial charge in [-0.2, -0.15) is 0 Å². The van der Waals surface area contributed by atoms with Crippen LogP contribution in [0.5, 0.6) is 0 Å². The van der Waals surface area contributed by atoms with E-state index in [0.29, 0.717) is 30.8 Å². The second-order valence-electron chi connectivity index (χ2n) is 5.51. The number of hydrogen-bond acceptors (Lipinski definition) is 2. The second kappa shape index (κ2) is 6.24. The van der Waals surface area contributed by atoms with E-state index in [0.717, 1.165) is 12.3 Å². The van der Waals surface area contributed by atoms with Crippen LogP contribution in [0.25, 0.3) is 0 Å². The van der Waals surface area contributed by atoms with Gasteiger partial charge in [-0.15, -0.1) is 0 Å². The third-order valence-electron chi connectivity index (χ3n) is 3.41. The highest BCUT2D eigenvalue weighted by atomic mass is 16.1. The van der Waals surface area contributed by atoms with E-state index < -0.39 is 0 Å². The van der Waals surface area contributed by atoms with Gasteiger partial charge in [-0.05, 0) is 37.1 Å². The summed E-state index contributed by atoms with van der Waals surface area (Å²) in [6.07, 6.45) is 3.99. The minimum atomic E-state index is 0.192. The number of carbonyl (C=O) groups is 1. The van der Waals surface area contributed by atoms with Crippen LogP contribution in [0.3, 0.4) is 0 Å². The molecular formula is C13H26N2O. The molecular weight excluding hydrogens is 200 g/mol. The summed E-state index contributed by atoms with van der Waals surface area (Å²) in [5.41, 5.74) is 5.69. The van der Waals surface area contributed by atoms with Crippen molar-refractivity contribution in [3.8, 4) is 0 Å². The zero-order valence-electron chi connectivity index (χ0n) is 10.8. The van der Waals surface area contributed by atoms with E-state index in [1.807, 2.05) is 0 Å². The smallest absolute Gasteiger partial charge is 0.220 e. The van der Waals surface area contributed by atoms with Crippen molar-refractivity contribution in [1.82, 2.24) is 5.32 Å². The quantitative estimate of drug-likeness (QED) is 0.697. The summed E-state index contributed by atoms with van der Waals surface area (Å²) in [6, 6.07) is 0.454. The highest BCUT2D eigenvalue weighted by Crippen LogP contribution is 2.33. The first kappa shape index (κ1) is 13.5.